The fourth-order valence-electron chi connectivity index (χ4n) is 13.8. The minimum absolute atomic E-state index is 0.702. The van der Waals surface area contributed by atoms with Crippen molar-refractivity contribution in [1.29, 1.82) is 0 Å². The maximum atomic E-state index is 2.58. The normalized spacial score (nSPS) is 57.8. The first-order valence-corrected chi connectivity index (χ1v) is 17.1. The molecular formula is C36H60. The molecule has 0 aromatic heterocycles. The van der Waals surface area contributed by atoms with E-state index in [4.69, 9.17) is 0 Å². The van der Waals surface area contributed by atoms with Crippen LogP contribution in [0.2, 0.25) is 0 Å². The van der Waals surface area contributed by atoms with Crippen LogP contribution in [0.3, 0.4) is 0 Å². The summed E-state index contributed by atoms with van der Waals surface area (Å²) in [6.07, 6.45) is 26.7. The maximum absolute atomic E-state index is 2.58. The van der Waals surface area contributed by atoms with Crippen LogP contribution >= 0.6 is 0 Å². The molecule has 0 aliphatic heterocycles. The Morgan fingerprint density at radius 1 is 0.417 bits per heavy atom. The third-order valence-corrected chi connectivity index (χ3v) is 15.4. The molecule has 0 unspecified atom stereocenters. The zero-order valence-electron chi connectivity index (χ0n) is 24.9. The lowest BCUT2D eigenvalue weighted by Crippen LogP contribution is -2.51. The Morgan fingerprint density at radius 2 is 0.722 bits per heavy atom. The van der Waals surface area contributed by atoms with Gasteiger partial charge in [0.05, 0.1) is 0 Å². The van der Waals surface area contributed by atoms with Crippen molar-refractivity contribution in [3.05, 3.63) is 0 Å². The minimum atomic E-state index is 0.702. The van der Waals surface area contributed by atoms with E-state index in [9.17, 15) is 0 Å². The monoisotopic (exact) mass is 492 g/mol. The smallest absolute Gasteiger partial charge is 0.0271 e. The fraction of sp³-hybridized carbons (Fsp3) is 1.00. The van der Waals surface area contributed by atoms with E-state index in [-0.39, 0.29) is 0 Å². The van der Waals surface area contributed by atoms with Gasteiger partial charge >= 0.3 is 0 Å². The molecule has 36 heavy (non-hydrogen) atoms. The van der Waals surface area contributed by atoms with Crippen LogP contribution in [0.25, 0.3) is 0 Å². The van der Waals surface area contributed by atoms with Crippen molar-refractivity contribution in [2.75, 3.05) is 0 Å². The average molecular weight is 493 g/mol. The standard InChI is InChI=1S/C13H22.C12H20.C11H18/c1-3-13(2)11-5-9-4-10(7-11)8-12(13)6-9;1-12(2)10-4-8-3-9(6-10)7-11(12)5-8;1-11-5-8-2-9(6-11)4-10(3-8)7-11/h9-12H,3-8H2,1-2H3;8-11H,3-7H2,1-2H3;8-10H,2-7H2,1H3. The van der Waals surface area contributed by atoms with Crippen LogP contribution in [-0.4, -0.2) is 0 Å². The van der Waals surface area contributed by atoms with Crippen molar-refractivity contribution in [1.82, 2.24) is 0 Å². The van der Waals surface area contributed by atoms with Crippen molar-refractivity contribution in [2.24, 2.45) is 81.3 Å². The number of rotatable bonds is 1. The highest BCUT2D eigenvalue weighted by Crippen LogP contribution is 2.64. The van der Waals surface area contributed by atoms with Crippen LogP contribution in [0.5, 0.6) is 0 Å². The lowest BCUT2D eigenvalue weighted by Gasteiger charge is -2.60. The van der Waals surface area contributed by atoms with Gasteiger partial charge in [0.2, 0.25) is 0 Å². The lowest BCUT2D eigenvalue weighted by atomic mass is 9.45. The van der Waals surface area contributed by atoms with Crippen LogP contribution in [0, 0.1) is 81.3 Å². The molecule has 0 aromatic carbocycles. The van der Waals surface area contributed by atoms with Gasteiger partial charge in [-0.1, -0.05) is 41.0 Å². The predicted molar refractivity (Wildman–Crippen MR) is 153 cm³/mol. The van der Waals surface area contributed by atoms with Gasteiger partial charge < -0.3 is 0 Å². The molecule has 0 radical (unpaired) electrons. The highest BCUT2D eigenvalue weighted by Gasteiger charge is 2.54. The summed E-state index contributed by atoms with van der Waals surface area (Å²) in [5, 5.41) is 0. The lowest BCUT2D eigenvalue weighted by molar-refractivity contribution is -0.1000. The summed E-state index contributed by atoms with van der Waals surface area (Å²) >= 11 is 0. The molecule has 12 aliphatic carbocycles. The van der Waals surface area contributed by atoms with Crippen molar-refractivity contribution >= 4 is 0 Å². The van der Waals surface area contributed by atoms with Gasteiger partial charge in [0, 0.05) is 0 Å². The highest BCUT2D eigenvalue weighted by atomic mass is 14.6. The molecular weight excluding hydrogens is 432 g/mol. The zero-order chi connectivity index (χ0) is 24.9. The van der Waals surface area contributed by atoms with Gasteiger partial charge in [0.25, 0.3) is 0 Å². The second-order valence-electron chi connectivity index (χ2n) is 18.0. The van der Waals surface area contributed by atoms with E-state index in [0.29, 0.717) is 5.41 Å². The second kappa shape index (κ2) is 8.75. The SMILES string of the molecule is CC1(C)C2CC3CC(C2)CC1C3.CC12CC3CC(CC(C3)C1)C2.CCC1(C)C2CC3CC(C2)CC1C3. The van der Waals surface area contributed by atoms with Crippen LogP contribution in [0.15, 0.2) is 0 Å². The van der Waals surface area contributed by atoms with E-state index >= 15 is 0 Å². The van der Waals surface area contributed by atoms with Crippen LogP contribution < -0.4 is 0 Å². The average Bonchev–Trinajstić information content (AvgIpc) is 2.79. The number of hydrogen-bond acceptors (Lipinski definition) is 0. The topological polar surface area (TPSA) is 0 Å². The Balaban J connectivity index is 0.0000000922. The van der Waals surface area contributed by atoms with Gasteiger partial charge in [0.15, 0.2) is 0 Å². The zero-order valence-corrected chi connectivity index (χ0v) is 24.9. The quantitative estimate of drug-likeness (QED) is 0.341. The molecule has 12 saturated carbocycles. The van der Waals surface area contributed by atoms with Gasteiger partial charge in [-0.15, -0.1) is 0 Å². The molecule has 12 aliphatic rings. The van der Waals surface area contributed by atoms with E-state index in [1.807, 2.05) is 0 Å². The molecule has 0 spiro atoms. The molecule has 12 bridgehead atoms. The van der Waals surface area contributed by atoms with Gasteiger partial charge in [-0.3, -0.25) is 0 Å². The molecule has 0 atom stereocenters. The maximum Gasteiger partial charge on any atom is -0.0271 e. The summed E-state index contributed by atoms with van der Waals surface area (Å²) in [5.74, 6) is 12.4. The van der Waals surface area contributed by atoms with Crippen molar-refractivity contribution in [2.45, 2.75) is 144 Å². The third kappa shape index (κ3) is 4.19. The van der Waals surface area contributed by atoms with Crippen molar-refractivity contribution < 1.29 is 0 Å². The van der Waals surface area contributed by atoms with Crippen LogP contribution in [-0.2, 0) is 0 Å². The van der Waals surface area contributed by atoms with Gasteiger partial charge in [-0.25, -0.2) is 0 Å². The van der Waals surface area contributed by atoms with Crippen molar-refractivity contribution in [3.8, 4) is 0 Å². The fourth-order valence-corrected chi connectivity index (χ4v) is 13.8. The van der Waals surface area contributed by atoms with E-state index in [0.717, 1.165) is 75.9 Å². The molecule has 204 valence electrons. The first-order valence-electron chi connectivity index (χ1n) is 17.1. The highest BCUT2D eigenvalue weighted by molar-refractivity contribution is 5.04. The van der Waals surface area contributed by atoms with Gasteiger partial charge in [-0.05, 0) is 184 Å². The second-order valence-corrected chi connectivity index (χ2v) is 18.0. The largest absolute Gasteiger partial charge is 0.0648 e. The molecule has 0 aromatic rings. The Kier molecular flexibility index (Phi) is 6.08. The minimum Gasteiger partial charge on any atom is -0.0648 e. The van der Waals surface area contributed by atoms with Crippen LogP contribution in [0.4, 0.5) is 0 Å². The van der Waals surface area contributed by atoms with E-state index in [1.54, 1.807) is 103 Å². The summed E-state index contributed by atoms with van der Waals surface area (Å²) in [7, 11) is 0. The Morgan fingerprint density at radius 3 is 1.03 bits per heavy atom. The molecule has 0 amide bonds. The molecule has 0 heteroatoms. The molecule has 0 heterocycles. The summed E-state index contributed by atoms with van der Waals surface area (Å²) < 4.78 is 0. The summed E-state index contributed by atoms with van der Waals surface area (Å²) in [6, 6.07) is 0. The van der Waals surface area contributed by atoms with Gasteiger partial charge in [-0.2, -0.15) is 0 Å². The Bertz CT molecular complexity index is 721. The van der Waals surface area contributed by atoms with E-state index < -0.39 is 0 Å². The van der Waals surface area contributed by atoms with E-state index in [2.05, 4.69) is 34.6 Å². The summed E-state index contributed by atoms with van der Waals surface area (Å²) in [5.41, 5.74) is 2.25. The molecule has 12 fully saturated rings. The number of hydrogen-bond donors (Lipinski definition) is 0. The summed E-state index contributed by atoms with van der Waals surface area (Å²) in [4.78, 5) is 0. The Labute approximate surface area is 224 Å². The first kappa shape index (κ1) is 25.0. The molecule has 0 nitrogen and oxygen atoms in total. The van der Waals surface area contributed by atoms with Gasteiger partial charge in [0.1, 0.15) is 0 Å². The molecule has 0 saturated heterocycles. The molecule has 0 N–H and O–H groups in total. The molecule has 12 rings (SSSR count). The summed E-state index contributed by atoms with van der Waals surface area (Å²) in [6.45, 7) is 12.6. The predicted octanol–water partition coefficient (Wildman–Crippen LogP) is 10.6. The van der Waals surface area contributed by atoms with Crippen LogP contribution in [0.1, 0.15) is 144 Å². The first-order chi connectivity index (χ1) is 17.1. The third-order valence-electron chi connectivity index (χ3n) is 15.4. The van der Waals surface area contributed by atoms with E-state index in [1.165, 1.54) is 6.42 Å². The Hall–Kier alpha value is 0. The van der Waals surface area contributed by atoms with Crippen molar-refractivity contribution in [3.63, 3.8) is 0 Å².